The lowest BCUT2D eigenvalue weighted by atomic mass is 9.78. The van der Waals surface area contributed by atoms with Gasteiger partial charge in [0.1, 0.15) is 19.0 Å². The Kier molecular flexibility index (Phi) is 3.23. The van der Waals surface area contributed by atoms with Gasteiger partial charge < -0.3 is 20.3 Å². The van der Waals surface area contributed by atoms with Gasteiger partial charge in [-0.25, -0.2) is 0 Å². The Hall–Kier alpha value is -1.13. The number of rotatable bonds is 2. The summed E-state index contributed by atoms with van der Waals surface area (Å²) in [5, 5.41) is 10.4. The van der Waals surface area contributed by atoms with Gasteiger partial charge >= 0.3 is 0 Å². The molecule has 0 saturated heterocycles. The first kappa shape index (κ1) is 12.9. The summed E-state index contributed by atoms with van der Waals surface area (Å²) >= 11 is 6.34. The molecule has 1 heterocycles. The summed E-state index contributed by atoms with van der Waals surface area (Å²) in [4.78, 5) is 0. The smallest absolute Gasteiger partial charge is 0.166 e. The normalized spacial score (nSPS) is 20.5. The molecule has 1 aliphatic carbocycles. The number of halogens is 1. The van der Waals surface area contributed by atoms with Crippen LogP contribution in [0.5, 0.6) is 17.2 Å². The second-order valence-electron chi connectivity index (χ2n) is 5.30. The molecular formula is C14H18ClNO3. The van der Waals surface area contributed by atoms with E-state index in [0.717, 1.165) is 31.2 Å². The van der Waals surface area contributed by atoms with Gasteiger partial charge in [-0.15, -0.1) is 0 Å². The van der Waals surface area contributed by atoms with E-state index < -0.39 is 0 Å². The van der Waals surface area contributed by atoms with Gasteiger partial charge in [-0.2, -0.15) is 0 Å². The van der Waals surface area contributed by atoms with Gasteiger partial charge in [0, 0.05) is 23.6 Å². The van der Waals surface area contributed by atoms with Gasteiger partial charge in [-0.05, 0) is 12.8 Å². The van der Waals surface area contributed by atoms with Crippen LogP contribution in [0.15, 0.2) is 6.07 Å². The highest BCUT2D eigenvalue weighted by Crippen LogP contribution is 2.53. The van der Waals surface area contributed by atoms with Crippen molar-refractivity contribution < 1.29 is 14.6 Å². The average Bonchev–Trinajstić information content (AvgIpc) is 2.90. The fraction of sp³-hybridized carbons (Fsp3) is 0.571. The number of aromatic hydroxyl groups is 1. The van der Waals surface area contributed by atoms with Crippen molar-refractivity contribution in [3.8, 4) is 17.2 Å². The molecule has 0 bridgehead atoms. The monoisotopic (exact) mass is 283 g/mol. The van der Waals surface area contributed by atoms with Crippen LogP contribution in [-0.4, -0.2) is 24.9 Å². The number of nitrogens with two attached hydrogens (primary N) is 1. The lowest BCUT2D eigenvalue weighted by molar-refractivity contribution is 0.166. The molecule has 2 aliphatic rings. The van der Waals surface area contributed by atoms with E-state index in [-0.39, 0.29) is 11.2 Å². The van der Waals surface area contributed by atoms with E-state index in [1.165, 1.54) is 6.07 Å². The molecule has 1 aromatic rings. The summed E-state index contributed by atoms with van der Waals surface area (Å²) in [6, 6.07) is 1.53. The van der Waals surface area contributed by atoms with Crippen LogP contribution in [0.25, 0.3) is 0 Å². The predicted octanol–water partition coefficient (Wildman–Crippen LogP) is 2.59. The summed E-state index contributed by atoms with van der Waals surface area (Å²) in [6.07, 6.45) is 4.20. The van der Waals surface area contributed by atoms with Crippen molar-refractivity contribution in [3.05, 3.63) is 16.7 Å². The molecule has 1 saturated carbocycles. The standard InChI is InChI=1S/C14H18ClNO3/c15-12-9(17)7-10-13(19-6-5-18-10)11(12)14(8-16)3-1-2-4-14/h7,17H,1-6,8,16H2. The molecule has 0 amide bonds. The number of benzene rings is 1. The third kappa shape index (κ3) is 1.94. The quantitative estimate of drug-likeness (QED) is 0.876. The molecule has 4 nitrogen and oxygen atoms in total. The van der Waals surface area contributed by atoms with E-state index in [0.29, 0.717) is 36.3 Å². The largest absolute Gasteiger partial charge is 0.506 e. The van der Waals surface area contributed by atoms with Crippen LogP contribution in [0.1, 0.15) is 31.2 Å². The molecule has 0 atom stereocenters. The molecule has 0 unspecified atom stereocenters. The molecule has 5 heteroatoms. The maximum Gasteiger partial charge on any atom is 0.166 e. The number of phenolic OH excluding ortho intramolecular Hbond substituents is 1. The topological polar surface area (TPSA) is 64.7 Å². The minimum absolute atomic E-state index is 0.0423. The third-order valence-electron chi connectivity index (χ3n) is 4.23. The SMILES string of the molecule is NCC1(c2c(Cl)c(O)cc3c2OCCO3)CCCC1. The fourth-order valence-corrected chi connectivity index (χ4v) is 3.57. The first-order chi connectivity index (χ1) is 9.18. The molecule has 1 aliphatic heterocycles. The van der Waals surface area contributed by atoms with Gasteiger partial charge in [0.25, 0.3) is 0 Å². The van der Waals surface area contributed by atoms with E-state index in [9.17, 15) is 5.11 Å². The van der Waals surface area contributed by atoms with Crippen molar-refractivity contribution in [1.82, 2.24) is 0 Å². The maximum absolute atomic E-state index is 10.0. The van der Waals surface area contributed by atoms with Crippen LogP contribution >= 0.6 is 11.6 Å². The summed E-state index contributed by atoms with van der Waals surface area (Å²) in [7, 11) is 0. The highest BCUT2D eigenvalue weighted by atomic mass is 35.5. The molecule has 1 aromatic carbocycles. The van der Waals surface area contributed by atoms with E-state index in [4.69, 9.17) is 26.8 Å². The first-order valence-corrected chi connectivity index (χ1v) is 7.07. The van der Waals surface area contributed by atoms with Crippen LogP contribution in [0.2, 0.25) is 5.02 Å². The van der Waals surface area contributed by atoms with Gasteiger partial charge in [-0.3, -0.25) is 0 Å². The molecule has 3 rings (SSSR count). The Bertz CT molecular complexity index is 498. The van der Waals surface area contributed by atoms with Crippen molar-refractivity contribution >= 4 is 11.6 Å². The van der Waals surface area contributed by atoms with Crippen molar-refractivity contribution in [3.63, 3.8) is 0 Å². The highest BCUT2D eigenvalue weighted by molar-refractivity contribution is 6.33. The summed E-state index contributed by atoms with van der Waals surface area (Å²) < 4.78 is 11.3. The Morgan fingerprint density at radius 1 is 1.26 bits per heavy atom. The molecule has 19 heavy (non-hydrogen) atoms. The zero-order valence-corrected chi connectivity index (χ0v) is 11.5. The fourth-order valence-electron chi connectivity index (χ4n) is 3.23. The van der Waals surface area contributed by atoms with Crippen LogP contribution < -0.4 is 15.2 Å². The van der Waals surface area contributed by atoms with Crippen molar-refractivity contribution in [2.24, 2.45) is 5.73 Å². The molecule has 3 N–H and O–H groups in total. The van der Waals surface area contributed by atoms with Crippen molar-refractivity contribution in [1.29, 1.82) is 0 Å². The number of phenols is 1. The minimum atomic E-state index is -0.194. The first-order valence-electron chi connectivity index (χ1n) is 6.69. The van der Waals surface area contributed by atoms with Crippen LogP contribution in [0, 0.1) is 0 Å². The Morgan fingerprint density at radius 3 is 2.63 bits per heavy atom. The molecular weight excluding hydrogens is 266 g/mol. The maximum atomic E-state index is 10.0. The van der Waals surface area contributed by atoms with E-state index in [1.54, 1.807) is 0 Å². The predicted molar refractivity (Wildman–Crippen MR) is 73.3 cm³/mol. The van der Waals surface area contributed by atoms with E-state index in [1.807, 2.05) is 0 Å². The van der Waals surface area contributed by atoms with Crippen molar-refractivity contribution in [2.75, 3.05) is 19.8 Å². The third-order valence-corrected chi connectivity index (χ3v) is 4.61. The molecule has 0 radical (unpaired) electrons. The Morgan fingerprint density at radius 2 is 1.95 bits per heavy atom. The molecule has 104 valence electrons. The molecule has 0 spiro atoms. The molecule has 1 fully saturated rings. The summed E-state index contributed by atoms with van der Waals surface area (Å²) in [5.74, 6) is 1.28. The van der Waals surface area contributed by atoms with Crippen LogP contribution in [0.4, 0.5) is 0 Å². The van der Waals surface area contributed by atoms with Crippen LogP contribution in [-0.2, 0) is 5.41 Å². The number of hydrogen-bond acceptors (Lipinski definition) is 4. The zero-order chi connectivity index (χ0) is 13.5. The second-order valence-corrected chi connectivity index (χ2v) is 5.68. The van der Waals surface area contributed by atoms with E-state index in [2.05, 4.69) is 0 Å². The van der Waals surface area contributed by atoms with Crippen molar-refractivity contribution in [2.45, 2.75) is 31.1 Å². The Labute approximate surface area is 117 Å². The van der Waals surface area contributed by atoms with Gasteiger partial charge in [0.05, 0.1) is 5.02 Å². The minimum Gasteiger partial charge on any atom is -0.506 e. The summed E-state index contributed by atoms with van der Waals surface area (Å²) in [5.41, 5.74) is 6.66. The lowest BCUT2D eigenvalue weighted by Crippen LogP contribution is -2.34. The Balaban J connectivity index is 2.21. The highest BCUT2D eigenvalue weighted by Gasteiger charge is 2.41. The number of ether oxygens (including phenoxy) is 2. The number of fused-ring (bicyclic) bond motifs is 1. The van der Waals surface area contributed by atoms with Gasteiger partial charge in [0.2, 0.25) is 0 Å². The summed E-state index contributed by atoms with van der Waals surface area (Å²) in [6.45, 7) is 1.50. The van der Waals surface area contributed by atoms with Gasteiger partial charge in [-0.1, -0.05) is 24.4 Å². The number of hydrogen-bond donors (Lipinski definition) is 2. The zero-order valence-electron chi connectivity index (χ0n) is 10.7. The van der Waals surface area contributed by atoms with Gasteiger partial charge in [0.15, 0.2) is 11.5 Å². The average molecular weight is 284 g/mol. The second kappa shape index (κ2) is 4.76. The van der Waals surface area contributed by atoms with E-state index >= 15 is 0 Å². The van der Waals surface area contributed by atoms with Crippen LogP contribution in [0.3, 0.4) is 0 Å². The molecule has 0 aromatic heterocycles. The lowest BCUT2D eigenvalue weighted by Gasteiger charge is -2.33.